The Balaban J connectivity index is 2.25. The number of hydrogen-bond acceptors (Lipinski definition) is 5. The van der Waals surface area contributed by atoms with Gasteiger partial charge in [-0.05, 0) is 45.4 Å². The van der Waals surface area contributed by atoms with Crippen LogP contribution in [-0.2, 0) is 10.2 Å². The predicted octanol–water partition coefficient (Wildman–Crippen LogP) is 4.68. The number of rotatable bonds is 3. The number of carbonyl (C=O) groups excluding carboxylic acids is 1. The number of azo groups is 1. The Bertz CT molecular complexity index is 706. The van der Waals surface area contributed by atoms with E-state index in [1.165, 1.54) is 24.3 Å². The Hall–Kier alpha value is -2.45. The Morgan fingerprint density at radius 1 is 1.12 bits per heavy atom. The van der Waals surface area contributed by atoms with Crippen molar-refractivity contribution in [1.82, 2.24) is 0 Å². The van der Waals surface area contributed by atoms with Crippen molar-refractivity contribution in [3.8, 4) is 0 Å². The molecule has 25 heavy (non-hydrogen) atoms. The van der Waals surface area contributed by atoms with Crippen LogP contribution in [0.25, 0.3) is 0 Å². The van der Waals surface area contributed by atoms with E-state index in [0.717, 1.165) is 6.92 Å². The zero-order chi connectivity index (χ0) is 18.9. The summed E-state index contributed by atoms with van der Waals surface area (Å²) in [6, 6.07) is 5.29. The molecule has 0 aliphatic carbocycles. The zero-order valence-electron chi connectivity index (χ0n) is 14.3. The molecule has 1 atom stereocenters. The summed E-state index contributed by atoms with van der Waals surface area (Å²) >= 11 is 0. The summed E-state index contributed by atoms with van der Waals surface area (Å²) in [6.45, 7) is 6.02. The highest BCUT2D eigenvalue weighted by Gasteiger charge is 2.57. The molecule has 2 rings (SSSR count). The van der Waals surface area contributed by atoms with Crippen LogP contribution < -0.4 is 5.32 Å². The van der Waals surface area contributed by atoms with Crippen molar-refractivity contribution in [3.05, 3.63) is 29.8 Å². The largest absolute Gasteiger partial charge is 0.444 e. The lowest BCUT2D eigenvalue weighted by molar-refractivity contribution is -0.165. The predicted molar refractivity (Wildman–Crippen MR) is 86.9 cm³/mol. The summed E-state index contributed by atoms with van der Waals surface area (Å²) in [7, 11) is 0. The number of halogens is 3. The number of benzene rings is 1. The highest BCUT2D eigenvalue weighted by atomic mass is 19.4. The number of nitrogens with zero attached hydrogens (tertiary/aromatic N) is 3. The van der Waals surface area contributed by atoms with Gasteiger partial charge >= 0.3 is 12.3 Å². The topological polar surface area (TPSA) is 75.4 Å². The molecule has 0 radical (unpaired) electrons. The first-order valence-electron chi connectivity index (χ1n) is 7.53. The van der Waals surface area contributed by atoms with Crippen LogP contribution in [0.5, 0.6) is 0 Å². The molecule has 1 aliphatic heterocycles. The number of aliphatic imine (C=N–C) groups is 1. The highest BCUT2D eigenvalue weighted by Crippen LogP contribution is 2.43. The molecule has 9 heteroatoms. The second-order valence-corrected chi connectivity index (χ2v) is 6.69. The van der Waals surface area contributed by atoms with Gasteiger partial charge < -0.3 is 4.74 Å². The summed E-state index contributed by atoms with van der Waals surface area (Å²) in [6.07, 6.45) is -5.29. The summed E-state index contributed by atoms with van der Waals surface area (Å²) in [5.74, 6) is -0.382. The highest BCUT2D eigenvalue weighted by molar-refractivity contribution is 5.95. The van der Waals surface area contributed by atoms with Crippen molar-refractivity contribution in [2.75, 3.05) is 12.0 Å². The summed E-state index contributed by atoms with van der Waals surface area (Å²) in [5, 5.41) is 9.51. The van der Waals surface area contributed by atoms with Gasteiger partial charge in [0.25, 0.3) is 0 Å². The fraction of sp³-hybridized carbons (Fsp3) is 0.500. The second-order valence-electron chi connectivity index (χ2n) is 6.69. The standard InChI is InChI=1S/C16H19F3N4O2/c1-14(2,3)25-13(24)22-11-7-5-10(6-8-11)15(4,16(17,18)19)12-20-9-21-23-12/h5-8H,9H2,1-4H3,(H,22,24). The number of amidine groups is 1. The lowest BCUT2D eigenvalue weighted by atomic mass is 9.80. The van der Waals surface area contributed by atoms with Gasteiger partial charge in [0.05, 0.1) is 0 Å². The van der Waals surface area contributed by atoms with Crippen LogP contribution in [0.3, 0.4) is 0 Å². The molecule has 0 aromatic heterocycles. The fourth-order valence-corrected chi connectivity index (χ4v) is 2.21. The number of anilines is 1. The van der Waals surface area contributed by atoms with Crippen LogP contribution in [0.15, 0.2) is 39.5 Å². The van der Waals surface area contributed by atoms with E-state index in [-0.39, 0.29) is 18.1 Å². The molecule has 6 nitrogen and oxygen atoms in total. The number of amides is 1. The molecule has 136 valence electrons. The number of hydrogen-bond donors (Lipinski definition) is 1. The van der Waals surface area contributed by atoms with Crippen molar-refractivity contribution in [3.63, 3.8) is 0 Å². The molecule has 0 saturated carbocycles. The average molecular weight is 356 g/mol. The molecule has 0 bridgehead atoms. The van der Waals surface area contributed by atoms with E-state index in [9.17, 15) is 18.0 Å². The van der Waals surface area contributed by atoms with Crippen LogP contribution in [0.2, 0.25) is 0 Å². The maximum absolute atomic E-state index is 13.7. The van der Waals surface area contributed by atoms with E-state index >= 15 is 0 Å². The summed E-state index contributed by atoms with van der Waals surface area (Å²) < 4.78 is 46.1. The minimum Gasteiger partial charge on any atom is -0.444 e. The number of nitrogens with one attached hydrogen (secondary N) is 1. The third kappa shape index (κ3) is 4.15. The van der Waals surface area contributed by atoms with Gasteiger partial charge in [0, 0.05) is 5.69 Å². The quantitative estimate of drug-likeness (QED) is 0.854. The van der Waals surface area contributed by atoms with E-state index in [4.69, 9.17) is 4.74 Å². The maximum atomic E-state index is 13.7. The molecular formula is C16H19F3N4O2. The lowest BCUT2D eigenvalue weighted by Crippen LogP contribution is -2.45. The first kappa shape index (κ1) is 18.9. The fourth-order valence-electron chi connectivity index (χ4n) is 2.21. The van der Waals surface area contributed by atoms with Crippen LogP contribution in [-0.4, -0.2) is 30.4 Å². The van der Waals surface area contributed by atoms with E-state index in [1.807, 2.05) is 0 Å². The van der Waals surface area contributed by atoms with E-state index in [0.29, 0.717) is 5.69 Å². The van der Waals surface area contributed by atoms with Gasteiger partial charge in [0.2, 0.25) is 0 Å². The van der Waals surface area contributed by atoms with Crippen molar-refractivity contribution in [2.24, 2.45) is 15.2 Å². The number of alkyl halides is 3. The molecule has 1 unspecified atom stereocenters. The van der Waals surface area contributed by atoms with Crippen molar-refractivity contribution < 1.29 is 22.7 Å². The third-order valence-electron chi connectivity index (χ3n) is 3.57. The van der Waals surface area contributed by atoms with Gasteiger partial charge in [-0.3, -0.25) is 5.32 Å². The van der Waals surface area contributed by atoms with Crippen LogP contribution in [0, 0.1) is 0 Å². The van der Waals surface area contributed by atoms with Gasteiger partial charge in [-0.15, -0.1) is 5.11 Å². The summed E-state index contributed by atoms with van der Waals surface area (Å²) in [5.41, 5.74) is -2.78. The van der Waals surface area contributed by atoms with Gasteiger partial charge in [-0.1, -0.05) is 12.1 Å². The van der Waals surface area contributed by atoms with Gasteiger partial charge in [0.15, 0.2) is 12.5 Å². The molecule has 0 saturated heterocycles. The Morgan fingerprint density at radius 2 is 1.72 bits per heavy atom. The van der Waals surface area contributed by atoms with Crippen LogP contribution in [0.4, 0.5) is 23.7 Å². The number of carbonyl (C=O) groups is 1. The van der Waals surface area contributed by atoms with Gasteiger partial charge in [-0.2, -0.15) is 18.3 Å². The molecule has 1 aliphatic rings. The first-order chi connectivity index (χ1) is 11.4. The van der Waals surface area contributed by atoms with Crippen molar-refractivity contribution >= 4 is 17.6 Å². The minimum absolute atomic E-state index is 0.0469. The Morgan fingerprint density at radius 3 is 2.16 bits per heavy atom. The molecule has 1 aromatic rings. The second kappa shape index (κ2) is 6.45. The first-order valence-corrected chi connectivity index (χ1v) is 7.53. The molecule has 0 spiro atoms. The Kier molecular flexibility index (Phi) is 4.87. The van der Waals surface area contributed by atoms with Crippen LogP contribution in [0.1, 0.15) is 33.3 Å². The average Bonchev–Trinajstić information content (AvgIpc) is 2.98. The molecule has 1 N–H and O–H groups in total. The van der Waals surface area contributed by atoms with Gasteiger partial charge in [-0.25, -0.2) is 9.79 Å². The van der Waals surface area contributed by atoms with E-state index < -0.39 is 23.3 Å². The van der Waals surface area contributed by atoms with E-state index in [1.54, 1.807) is 20.8 Å². The molecular weight excluding hydrogens is 337 g/mol. The molecule has 0 fully saturated rings. The SMILES string of the molecule is CC(C)(C)OC(=O)Nc1ccc(C(C)(C2=NCN=N2)C(F)(F)F)cc1. The third-order valence-corrected chi connectivity index (χ3v) is 3.57. The monoisotopic (exact) mass is 356 g/mol. The molecule has 1 heterocycles. The normalized spacial score (nSPS) is 17.0. The maximum Gasteiger partial charge on any atom is 0.412 e. The molecule has 1 amide bonds. The summed E-state index contributed by atoms with van der Waals surface area (Å²) in [4.78, 5) is 15.5. The smallest absolute Gasteiger partial charge is 0.412 e. The Labute approximate surface area is 143 Å². The van der Waals surface area contributed by atoms with Crippen molar-refractivity contribution in [2.45, 2.75) is 44.9 Å². The van der Waals surface area contributed by atoms with Gasteiger partial charge in [0.1, 0.15) is 11.0 Å². The zero-order valence-corrected chi connectivity index (χ0v) is 14.3. The van der Waals surface area contributed by atoms with Crippen molar-refractivity contribution in [1.29, 1.82) is 0 Å². The lowest BCUT2D eigenvalue weighted by Gasteiger charge is -2.30. The number of ether oxygens (including phenoxy) is 1. The van der Waals surface area contributed by atoms with Crippen LogP contribution >= 0.6 is 0 Å². The molecule has 1 aromatic carbocycles. The van der Waals surface area contributed by atoms with E-state index in [2.05, 4.69) is 20.5 Å². The minimum atomic E-state index is -4.60.